The van der Waals surface area contributed by atoms with Crippen LogP contribution in [0.1, 0.15) is 30.1 Å². The van der Waals surface area contributed by atoms with Gasteiger partial charge in [-0.3, -0.25) is 9.36 Å². The normalized spacial score (nSPS) is 14.8. The molecule has 0 radical (unpaired) electrons. The number of carbonyl (C=O) groups excluding carboxylic acids is 1. The molecule has 1 amide bonds. The predicted molar refractivity (Wildman–Crippen MR) is 128 cm³/mol. The summed E-state index contributed by atoms with van der Waals surface area (Å²) in [6.07, 6.45) is 3.49. The second kappa shape index (κ2) is 10.1. The van der Waals surface area contributed by atoms with Crippen LogP contribution in [0.15, 0.2) is 59.8 Å². The van der Waals surface area contributed by atoms with Gasteiger partial charge in [0.25, 0.3) is 0 Å². The minimum Gasteiger partial charge on any atom is -0.495 e. The number of thioether (sulfide) groups is 1. The topological polar surface area (TPSA) is 63.5 Å². The van der Waals surface area contributed by atoms with E-state index in [4.69, 9.17) is 4.74 Å². The van der Waals surface area contributed by atoms with Crippen molar-refractivity contribution in [1.82, 2.24) is 19.7 Å². The number of anilines is 1. The van der Waals surface area contributed by atoms with Crippen molar-refractivity contribution in [3.8, 4) is 11.4 Å². The van der Waals surface area contributed by atoms with Crippen LogP contribution >= 0.6 is 11.8 Å². The van der Waals surface area contributed by atoms with E-state index in [9.17, 15) is 4.79 Å². The van der Waals surface area contributed by atoms with E-state index < -0.39 is 5.25 Å². The average molecular weight is 452 g/mol. The molecule has 2 heterocycles. The Balaban J connectivity index is 1.81. The van der Waals surface area contributed by atoms with Gasteiger partial charge in [0, 0.05) is 27.2 Å². The lowest BCUT2D eigenvalue weighted by atomic mass is 10.1. The van der Waals surface area contributed by atoms with Gasteiger partial charge in [0.1, 0.15) is 11.0 Å². The first-order chi connectivity index (χ1) is 15.6. The van der Waals surface area contributed by atoms with Crippen LogP contribution in [0.2, 0.25) is 0 Å². The Labute approximate surface area is 193 Å². The molecule has 4 rings (SSSR count). The molecular formula is C24H29N5O2S. The van der Waals surface area contributed by atoms with Gasteiger partial charge in [-0.25, -0.2) is 0 Å². The fraction of sp³-hybridized carbons (Fsp3) is 0.375. The summed E-state index contributed by atoms with van der Waals surface area (Å²) < 4.78 is 7.70. The first-order valence-corrected chi connectivity index (χ1v) is 11.7. The van der Waals surface area contributed by atoms with E-state index in [1.165, 1.54) is 18.2 Å². The van der Waals surface area contributed by atoms with Crippen LogP contribution in [0.3, 0.4) is 0 Å². The molecule has 1 aliphatic rings. The van der Waals surface area contributed by atoms with Gasteiger partial charge >= 0.3 is 0 Å². The van der Waals surface area contributed by atoms with Crippen LogP contribution < -0.4 is 9.64 Å². The van der Waals surface area contributed by atoms with Crippen LogP contribution in [0, 0.1) is 0 Å². The summed E-state index contributed by atoms with van der Waals surface area (Å²) in [7, 11) is 5.23. The highest BCUT2D eigenvalue weighted by molar-refractivity contribution is 8.00. The first kappa shape index (κ1) is 22.2. The maximum atomic E-state index is 13.1. The number of nitrogens with zero attached hydrogens (tertiary/aromatic N) is 5. The molecule has 1 saturated heterocycles. The van der Waals surface area contributed by atoms with Gasteiger partial charge in [0.2, 0.25) is 11.9 Å². The molecule has 1 fully saturated rings. The van der Waals surface area contributed by atoms with Crippen molar-refractivity contribution in [2.75, 3.05) is 39.2 Å². The standard InChI is InChI=1S/C24H29N5O2S/c1-27(2)22(30)21(18-12-6-4-7-13-18)32-24-26-25-23(28-16-10-5-11-17-28)29(24)19-14-8-9-15-20(19)31-3/h4,6-9,12-15,21H,5,10-11,16-17H2,1-3H3. The Hall–Kier alpha value is -3.00. The highest BCUT2D eigenvalue weighted by Crippen LogP contribution is 2.40. The van der Waals surface area contributed by atoms with Crippen molar-refractivity contribution < 1.29 is 9.53 Å². The Morgan fingerprint density at radius 3 is 2.38 bits per heavy atom. The van der Waals surface area contributed by atoms with Crippen molar-refractivity contribution >= 4 is 23.6 Å². The third kappa shape index (κ3) is 4.60. The number of piperidine rings is 1. The zero-order valence-corrected chi connectivity index (χ0v) is 19.6. The fourth-order valence-corrected chi connectivity index (χ4v) is 5.08. The average Bonchev–Trinajstić information content (AvgIpc) is 3.26. The molecule has 1 unspecified atom stereocenters. The molecule has 0 N–H and O–H groups in total. The molecule has 168 valence electrons. The Morgan fingerprint density at radius 2 is 1.69 bits per heavy atom. The number of ether oxygens (including phenoxy) is 1. The summed E-state index contributed by atoms with van der Waals surface area (Å²) in [6, 6.07) is 17.7. The summed E-state index contributed by atoms with van der Waals surface area (Å²) in [5.74, 6) is 1.54. The maximum absolute atomic E-state index is 13.1. The highest BCUT2D eigenvalue weighted by atomic mass is 32.2. The number of hydrogen-bond acceptors (Lipinski definition) is 6. The molecular weight excluding hydrogens is 422 g/mol. The van der Waals surface area contributed by atoms with Crippen LogP contribution in [0.25, 0.3) is 5.69 Å². The van der Waals surface area contributed by atoms with Crippen LogP contribution in [0.5, 0.6) is 5.75 Å². The molecule has 1 aromatic heterocycles. The second-order valence-corrected chi connectivity index (χ2v) is 9.05. The largest absolute Gasteiger partial charge is 0.495 e. The molecule has 7 nitrogen and oxygen atoms in total. The van der Waals surface area contributed by atoms with Gasteiger partial charge in [0.15, 0.2) is 5.16 Å². The number of para-hydroxylation sites is 2. The van der Waals surface area contributed by atoms with Crippen LogP contribution in [0.4, 0.5) is 5.95 Å². The first-order valence-electron chi connectivity index (χ1n) is 10.9. The molecule has 0 saturated carbocycles. The molecule has 0 aliphatic carbocycles. The lowest BCUT2D eigenvalue weighted by Crippen LogP contribution is -2.32. The van der Waals surface area contributed by atoms with Crippen molar-refractivity contribution in [3.63, 3.8) is 0 Å². The molecule has 1 atom stereocenters. The fourth-order valence-electron chi connectivity index (χ4n) is 3.89. The summed E-state index contributed by atoms with van der Waals surface area (Å²) in [5, 5.41) is 9.37. The van der Waals surface area contributed by atoms with E-state index in [0.717, 1.165) is 48.9 Å². The molecule has 8 heteroatoms. The predicted octanol–water partition coefficient (Wildman–Crippen LogP) is 4.19. The lowest BCUT2D eigenvalue weighted by molar-refractivity contribution is -0.128. The smallest absolute Gasteiger partial charge is 0.240 e. The van der Waals surface area contributed by atoms with Gasteiger partial charge in [-0.1, -0.05) is 54.2 Å². The van der Waals surface area contributed by atoms with Crippen LogP contribution in [-0.4, -0.2) is 59.9 Å². The summed E-state index contributed by atoms with van der Waals surface area (Å²) in [5.41, 5.74) is 1.80. The highest BCUT2D eigenvalue weighted by Gasteiger charge is 2.29. The molecule has 3 aromatic rings. The SMILES string of the molecule is COc1ccccc1-n1c(SC(C(=O)N(C)C)c2ccccc2)nnc1N1CCCCC1. The third-order valence-electron chi connectivity index (χ3n) is 5.57. The number of benzene rings is 2. The van der Waals surface area contributed by atoms with E-state index in [1.807, 2.05) is 59.2 Å². The second-order valence-electron chi connectivity index (χ2n) is 7.98. The Bertz CT molecular complexity index is 1050. The molecule has 32 heavy (non-hydrogen) atoms. The minimum absolute atomic E-state index is 0.00954. The zero-order valence-electron chi connectivity index (χ0n) is 18.8. The molecule has 1 aliphatic heterocycles. The minimum atomic E-state index is -0.432. The number of likely N-dealkylation sites (N-methyl/N-ethyl adjacent to an activating group) is 1. The van der Waals surface area contributed by atoms with Gasteiger partial charge in [-0.05, 0) is 37.0 Å². The molecule has 0 spiro atoms. The van der Waals surface area contributed by atoms with E-state index in [-0.39, 0.29) is 5.91 Å². The number of hydrogen-bond donors (Lipinski definition) is 0. The Morgan fingerprint density at radius 1 is 1.00 bits per heavy atom. The van der Waals surface area contributed by atoms with Crippen molar-refractivity contribution in [3.05, 3.63) is 60.2 Å². The summed E-state index contributed by atoms with van der Waals surface area (Å²) in [6.45, 7) is 1.88. The molecule has 0 bridgehead atoms. The van der Waals surface area contributed by atoms with Crippen molar-refractivity contribution in [2.24, 2.45) is 0 Å². The van der Waals surface area contributed by atoms with Gasteiger partial charge < -0.3 is 14.5 Å². The van der Waals surface area contributed by atoms with Crippen molar-refractivity contribution in [2.45, 2.75) is 29.7 Å². The number of aromatic nitrogens is 3. The number of rotatable bonds is 7. The van der Waals surface area contributed by atoms with E-state index >= 15 is 0 Å². The quantitative estimate of drug-likeness (QED) is 0.502. The maximum Gasteiger partial charge on any atom is 0.240 e. The van der Waals surface area contributed by atoms with E-state index in [0.29, 0.717) is 5.16 Å². The van der Waals surface area contributed by atoms with E-state index in [2.05, 4.69) is 15.1 Å². The monoisotopic (exact) mass is 451 g/mol. The van der Waals surface area contributed by atoms with Gasteiger partial charge in [-0.15, -0.1) is 10.2 Å². The van der Waals surface area contributed by atoms with Gasteiger partial charge in [-0.2, -0.15) is 0 Å². The number of amides is 1. The Kier molecular flexibility index (Phi) is 6.99. The number of carbonyl (C=O) groups is 1. The summed E-state index contributed by atoms with van der Waals surface area (Å²) >= 11 is 1.42. The number of methoxy groups -OCH3 is 1. The lowest BCUT2D eigenvalue weighted by Gasteiger charge is -2.28. The van der Waals surface area contributed by atoms with Crippen LogP contribution in [-0.2, 0) is 4.79 Å². The zero-order chi connectivity index (χ0) is 22.5. The van der Waals surface area contributed by atoms with E-state index in [1.54, 1.807) is 26.1 Å². The van der Waals surface area contributed by atoms with Crippen molar-refractivity contribution in [1.29, 1.82) is 0 Å². The molecule has 2 aromatic carbocycles. The van der Waals surface area contributed by atoms with Gasteiger partial charge in [0.05, 0.1) is 12.8 Å². The third-order valence-corrected chi connectivity index (χ3v) is 6.76. The summed E-state index contributed by atoms with van der Waals surface area (Å²) in [4.78, 5) is 17.0.